The molecule has 1 heterocycles. The molecule has 196 valence electrons. The van der Waals surface area contributed by atoms with Gasteiger partial charge in [0, 0.05) is 11.3 Å². The van der Waals surface area contributed by atoms with Crippen molar-refractivity contribution in [3.05, 3.63) is 94.0 Å². The third-order valence-electron chi connectivity index (χ3n) is 5.88. The van der Waals surface area contributed by atoms with E-state index < -0.39 is 29.5 Å². The Morgan fingerprint density at radius 2 is 1.68 bits per heavy atom. The molecule has 1 amide bonds. The van der Waals surface area contributed by atoms with Gasteiger partial charge in [0.25, 0.3) is 11.7 Å². The molecule has 1 saturated heterocycles. The van der Waals surface area contributed by atoms with Crippen molar-refractivity contribution in [3.8, 4) is 11.5 Å². The lowest BCUT2D eigenvalue weighted by Crippen LogP contribution is -2.29. The van der Waals surface area contributed by atoms with Gasteiger partial charge in [-0.05, 0) is 80.9 Å². The maximum absolute atomic E-state index is 13.4. The van der Waals surface area contributed by atoms with Crippen molar-refractivity contribution < 1.29 is 34.1 Å². The quantitative estimate of drug-likeness (QED) is 0.174. The molecular formula is C29H26ClNO7. The van der Waals surface area contributed by atoms with Crippen LogP contribution in [0.4, 0.5) is 5.69 Å². The van der Waals surface area contributed by atoms with Gasteiger partial charge in [0.2, 0.25) is 0 Å². The van der Waals surface area contributed by atoms with Gasteiger partial charge in [-0.2, -0.15) is 0 Å². The third kappa shape index (κ3) is 5.21. The second-order valence-corrected chi connectivity index (χ2v) is 9.24. The first-order valence-electron chi connectivity index (χ1n) is 12.0. The lowest BCUT2D eigenvalue weighted by atomic mass is 9.95. The fraction of sp³-hybridized carbons (Fsp3) is 0.207. The van der Waals surface area contributed by atoms with Crippen molar-refractivity contribution in [2.24, 2.45) is 0 Å². The Morgan fingerprint density at radius 3 is 2.29 bits per heavy atom. The number of esters is 1. The van der Waals surface area contributed by atoms with Crippen molar-refractivity contribution in [2.45, 2.75) is 32.9 Å². The lowest BCUT2D eigenvalue weighted by molar-refractivity contribution is -0.132. The number of ether oxygens (including phenoxy) is 2. The Hall–Kier alpha value is -4.30. The van der Waals surface area contributed by atoms with Crippen molar-refractivity contribution in [1.29, 1.82) is 0 Å². The number of phenols is 1. The van der Waals surface area contributed by atoms with Crippen LogP contribution < -0.4 is 9.64 Å². The van der Waals surface area contributed by atoms with Gasteiger partial charge in [-0.15, -0.1) is 0 Å². The number of halogens is 1. The maximum atomic E-state index is 13.4. The molecule has 0 spiro atoms. The fourth-order valence-corrected chi connectivity index (χ4v) is 4.41. The second kappa shape index (κ2) is 11.0. The summed E-state index contributed by atoms with van der Waals surface area (Å²) < 4.78 is 10.7. The number of Topliss-reactive ketones (excluding diaryl/α,β-unsaturated/α-hetero) is 1. The molecule has 4 rings (SSSR count). The van der Waals surface area contributed by atoms with E-state index in [0.717, 1.165) is 0 Å². The minimum atomic E-state index is -1.05. The molecule has 0 aliphatic carbocycles. The number of carbonyl (C=O) groups excluding carboxylic acids is 3. The molecule has 0 saturated carbocycles. The molecule has 1 aliphatic heterocycles. The van der Waals surface area contributed by atoms with Gasteiger partial charge in [-0.25, -0.2) is 4.79 Å². The number of phenolic OH excluding ortho intramolecular Hbond substituents is 1. The average molecular weight is 536 g/mol. The van der Waals surface area contributed by atoms with E-state index in [4.69, 9.17) is 21.1 Å². The SMILES string of the molecule is CCOc1ccc(Cl)c(/C(O)=C2\C(=O)C(=O)N(c3ccc(C(=O)OC(C)C)cc3)C2c2ccc(O)cc2)c1. The summed E-state index contributed by atoms with van der Waals surface area (Å²) in [7, 11) is 0. The zero-order valence-corrected chi connectivity index (χ0v) is 21.7. The van der Waals surface area contributed by atoms with Crippen LogP contribution in [0.2, 0.25) is 5.02 Å². The molecule has 1 unspecified atom stereocenters. The molecule has 1 atom stereocenters. The van der Waals surface area contributed by atoms with Crippen LogP contribution in [-0.2, 0) is 14.3 Å². The summed E-state index contributed by atoms with van der Waals surface area (Å²) in [6.07, 6.45) is -0.303. The Labute approximate surface area is 224 Å². The number of hydrogen-bond acceptors (Lipinski definition) is 7. The highest BCUT2D eigenvalue weighted by Crippen LogP contribution is 2.43. The number of ketones is 1. The third-order valence-corrected chi connectivity index (χ3v) is 6.21. The van der Waals surface area contributed by atoms with Crippen LogP contribution in [0.25, 0.3) is 5.76 Å². The van der Waals surface area contributed by atoms with E-state index in [1.807, 2.05) is 0 Å². The molecule has 0 aromatic heterocycles. The summed E-state index contributed by atoms with van der Waals surface area (Å²) in [6, 6.07) is 15.6. The number of benzene rings is 3. The average Bonchev–Trinajstić information content (AvgIpc) is 3.15. The second-order valence-electron chi connectivity index (χ2n) is 8.84. The molecule has 38 heavy (non-hydrogen) atoms. The normalized spacial score (nSPS) is 16.7. The Balaban J connectivity index is 1.86. The number of nitrogens with zero attached hydrogens (tertiary/aromatic N) is 1. The van der Waals surface area contributed by atoms with E-state index in [-0.39, 0.29) is 33.6 Å². The molecule has 0 bridgehead atoms. The number of rotatable bonds is 7. The number of carbonyl (C=O) groups is 3. The van der Waals surface area contributed by atoms with Crippen molar-refractivity contribution >= 4 is 40.7 Å². The molecule has 2 N–H and O–H groups in total. The first kappa shape index (κ1) is 26.8. The van der Waals surface area contributed by atoms with Crippen LogP contribution in [0.15, 0.2) is 72.3 Å². The fourth-order valence-electron chi connectivity index (χ4n) is 4.20. The van der Waals surface area contributed by atoms with E-state index in [0.29, 0.717) is 23.6 Å². The van der Waals surface area contributed by atoms with Crippen LogP contribution in [0.1, 0.15) is 48.3 Å². The highest BCUT2D eigenvalue weighted by molar-refractivity contribution is 6.52. The van der Waals surface area contributed by atoms with Gasteiger partial charge >= 0.3 is 5.97 Å². The summed E-state index contributed by atoms with van der Waals surface area (Å²) in [6.45, 7) is 5.65. The Bertz CT molecular complexity index is 1410. The van der Waals surface area contributed by atoms with E-state index in [1.165, 1.54) is 53.4 Å². The van der Waals surface area contributed by atoms with Gasteiger partial charge in [0.05, 0.1) is 34.9 Å². The molecule has 8 nitrogen and oxygen atoms in total. The standard InChI is InChI=1S/C29H26ClNO7/c1-4-37-21-13-14-23(30)22(15-21)26(33)24-25(17-7-11-20(32)12-8-17)31(28(35)27(24)34)19-9-5-18(6-10-19)29(36)38-16(2)3/h5-16,25,32-33H,4H2,1-3H3/b26-24+. The highest BCUT2D eigenvalue weighted by Gasteiger charge is 2.47. The summed E-state index contributed by atoms with van der Waals surface area (Å²) in [5.74, 6) is -2.36. The summed E-state index contributed by atoms with van der Waals surface area (Å²) in [5.41, 5.74) is 1.01. The van der Waals surface area contributed by atoms with E-state index in [2.05, 4.69) is 0 Å². The minimum Gasteiger partial charge on any atom is -0.508 e. The van der Waals surface area contributed by atoms with E-state index in [1.54, 1.807) is 39.0 Å². The number of aliphatic hydroxyl groups excluding tert-OH is 1. The van der Waals surface area contributed by atoms with E-state index >= 15 is 0 Å². The van der Waals surface area contributed by atoms with Gasteiger partial charge in [0.15, 0.2) is 0 Å². The molecule has 9 heteroatoms. The molecule has 1 aliphatic rings. The number of aromatic hydroxyl groups is 1. The molecular weight excluding hydrogens is 510 g/mol. The molecule has 3 aromatic carbocycles. The van der Waals surface area contributed by atoms with Crippen LogP contribution in [-0.4, -0.2) is 40.6 Å². The van der Waals surface area contributed by atoms with Crippen molar-refractivity contribution in [3.63, 3.8) is 0 Å². The Kier molecular flexibility index (Phi) is 7.73. The highest BCUT2D eigenvalue weighted by atomic mass is 35.5. The monoisotopic (exact) mass is 535 g/mol. The topological polar surface area (TPSA) is 113 Å². The van der Waals surface area contributed by atoms with Crippen LogP contribution in [0.5, 0.6) is 11.5 Å². The first-order valence-corrected chi connectivity index (χ1v) is 12.3. The summed E-state index contributed by atoms with van der Waals surface area (Å²) >= 11 is 6.37. The number of amides is 1. The van der Waals surface area contributed by atoms with Gasteiger partial charge < -0.3 is 19.7 Å². The van der Waals surface area contributed by atoms with Crippen LogP contribution in [0, 0.1) is 0 Å². The summed E-state index contributed by atoms with van der Waals surface area (Å²) in [4.78, 5) is 40.2. The number of anilines is 1. The smallest absolute Gasteiger partial charge is 0.338 e. The zero-order valence-electron chi connectivity index (χ0n) is 21.0. The first-order chi connectivity index (χ1) is 18.1. The minimum absolute atomic E-state index is 0.00817. The van der Waals surface area contributed by atoms with Crippen molar-refractivity contribution in [2.75, 3.05) is 11.5 Å². The molecule has 0 radical (unpaired) electrons. The van der Waals surface area contributed by atoms with E-state index in [9.17, 15) is 24.6 Å². The summed E-state index contributed by atoms with van der Waals surface area (Å²) in [5, 5.41) is 21.3. The maximum Gasteiger partial charge on any atom is 0.338 e. The van der Waals surface area contributed by atoms with Crippen molar-refractivity contribution in [1.82, 2.24) is 0 Å². The van der Waals surface area contributed by atoms with Crippen LogP contribution in [0.3, 0.4) is 0 Å². The van der Waals surface area contributed by atoms with Gasteiger partial charge in [-0.1, -0.05) is 23.7 Å². The number of hydrogen-bond donors (Lipinski definition) is 2. The lowest BCUT2D eigenvalue weighted by Gasteiger charge is -2.25. The Morgan fingerprint density at radius 1 is 1.03 bits per heavy atom. The van der Waals surface area contributed by atoms with Gasteiger partial charge in [0.1, 0.15) is 17.3 Å². The van der Waals surface area contributed by atoms with Gasteiger partial charge in [-0.3, -0.25) is 14.5 Å². The zero-order chi connectivity index (χ0) is 27.6. The predicted octanol–water partition coefficient (Wildman–Crippen LogP) is 5.64. The molecule has 1 fully saturated rings. The van der Waals surface area contributed by atoms with Crippen LogP contribution >= 0.6 is 11.6 Å². The molecule has 3 aromatic rings. The number of aliphatic hydroxyl groups is 1. The predicted molar refractivity (Wildman–Crippen MR) is 143 cm³/mol. The largest absolute Gasteiger partial charge is 0.508 e.